The minimum Gasteiger partial charge on any atom is -0.478 e. The molecule has 1 aromatic heterocycles. The normalized spacial score (nSPS) is 11.2. The van der Waals surface area contributed by atoms with E-state index in [9.17, 15) is 13.2 Å². The van der Waals surface area contributed by atoms with Gasteiger partial charge in [-0.3, -0.25) is 4.72 Å². The van der Waals surface area contributed by atoms with Crippen molar-refractivity contribution in [2.45, 2.75) is 4.90 Å². The molecule has 1 aromatic carbocycles. The lowest BCUT2D eigenvalue weighted by Crippen LogP contribution is -2.14. The Morgan fingerprint density at radius 2 is 2.16 bits per heavy atom. The number of carboxylic acid groups (broad SMARTS) is 1. The van der Waals surface area contributed by atoms with Gasteiger partial charge in [0.15, 0.2) is 5.13 Å². The van der Waals surface area contributed by atoms with Gasteiger partial charge < -0.3 is 5.11 Å². The fraction of sp³-hybridized carbons (Fsp3) is 0. The number of halogens is 1. The molecule has 0 unspecified atom stereocenters. The Labute approximate surface area is 117 Å². The van der Waals surface area contributed by atoms with Crippen molar-refractivity contribution in [3.8, 4) is 0 Å². The fourth-order valence-corrected chi connectivity index (χ4v) is 3.60. The molecule has 0 atom stereocenters. The van der Waals surface area contributed by atoms with Gasteiger partial charge in [0.1, 0.15) is 4.90 Å². The number of nitrogens with one attached hydrogen (secondary N) is 1. The molecule has 2 N–H and O–H groups in total. The SMILES string of the molecule is O=C(O)c1ccc(Cl)c(S(=O)(=O)Nc2nccs2)c1. The van der Waals surface area contributed by atoms with Crippen molar-refractivity contribution in [2.75, 3.05) is 4.72 Å². The maximum atomic E-state index is 12.1. The number of carbonyl (C=O) groups is 1. The maximum absolute atomic E-state index is 12.1. The first kappa shape index (κ1) is 13.8. The number of carboxylic acids is 1. The third-order valence-corrected chi connectivity index (χ3v) is 4.76. The largest absolute Gasteiger partial charge is 0.478 e. The Kier molecular flexibility index (Phi) is 3.74. The number of aromatic nitrogens is 1. The van der Waals surface area contributed by atoms with E-state index in [2.05, 4.69) is 9.71 Å². The van der Waals surface area contributed by atoms with Gasteiger partial charge in [-0.15, -0.1) is 11.3 Å². The Morgan fingerprint density at radius 1 is 1.42 bits per heavy atom. The van der Waals surface area contributed by atoms with E-state index in [1.165, 1.54) is 18.3 Å². The van der Waals surface area contributed by atoms with Crippen LogP contribution in [-0.4, -0.2) is 24.5 Å². The number of benzene rings is 1. The van der Waals surface area contributed by atoms with Crippen LogP contribution in [0.5, 0.6) is 0 Å². The molecule has 1 heterocycles. The summed E-state index contributed by atoms with van der Waals surface area (Å²) in [6.07, 6.45) is 1.44. The van der Waals surface area contributed by atoms with Crippen molar-refractivity contribution in [1.29, 1.82) is 0 Å². The molecule has 0 bridgehead atoms. The second kappa shape index (κ2) is 5.16. The third-order valence-electron chi connectivity index (χ3n) is 2.12. The quantitative estimate of drug-likeness (QED) is 0.901. The van der Waals surface area contributed by atoms with Gasteiger partial charge in [-0.25, -0.2) is 18.2 Å². The molecule has 6 nitrogen and oxygen atoms in total. The molecule has 0 aliphatic heterocycles. The number of anilines is 1. The number of nitrogens with zero attached hydrogens (tertiary/aromatic N) is 1. The van der Waals surface area contributed by atoms with Gasteiger partial charge >= 0.3 is 5.97 Å². The van der Waals surface area contributed by atoms with Crippen LogP contribution in [0.1, 0.15) is 10.4 Å². The van der Waals surface area contributed by atoms with E-state index in [0.29, 0.717) is 0 Å². The summed E-state index contributed by atoms with van der Waals surface area (Å²) >= 11 is 6.90. The zero-order chi connectivity index (χ0) is 14.0. The van der Waals surface area contributed by atoms with Crippen molar-refractivity contribution in [3.63, 3.8) is 0 Å². The fourth-order valence-electron chi connectivity index (χ4n) is 1.29. The molecule has 0 saturated heterocycles. The van der Waals surface area contributed by atoms with Crippen molar-refractivity contribution >= 4 is 44.1 Å². The van der Waals surface area contributed by atoms with Crippen molar-refractivity contribution < 1.29 is 18.3 Å². The standard InChI is InChI=1S/C10H7ClN2O4S2/c11-7-2-1-6(9(14)15)5-8(7)19(16,17)13-10-12-3-4-18-10/h1-5H,(H,12,13)(H,14,15). The highest BCUT2D eigenvalue weighted by molar-refractivity contribution is 7.93. The van der Waals surface area contributed by atoms with Crippen molar-refractivity contribution in [1.82, 2.24) is 4.98 Å². The monoisotopic (exact) mass is 318 g/mol. The van der Waals surface area contributed by atoms with E-state index >= 15 is 0 Å². The van der Waals surface area contributed by atoms with Gasteiger partial charge in [-0.2, -0.15) is 0 Å². The molecule has 0 saturated carbocycles. The van der Waals surface area contributed by atoms with Crippen LogP contribution in [0.25, 0.3) is 0 Å². The smallest absolute Gasteiger partial charge is 0.335 e. The molecule has 0 aliphatic rings. The van der Waals surface area contributed by atoms with Crippen LogP contribution >= 0.6 is 22.9 Å². The average Bonchev–Trinajstić information content (AvgIpc) is 2.81. The molecule has 0 spiro atoms. The van der Waals surface area contributed by atoms with E-state index in [1.54, 1.807) is 5.38 Å². The van der Waals surface area contributed by atoms with Gasteiger partial charge in [0, 0.05) is 11.6 Å². The summed E-state index contributed by atoms with van der Waals surface area (Å²) in [6, 6.07) is 3.45. The van der Waals surface area contributed by atoms with Crippen LogP contribution in [0.4, 0.5) is 5.13 Å². The second-order valence-electron chi connectivity index (χ2n) is 3.39. The van der Waals surface area contributed by atoms with Gasteiger partial charge in [0.05, 0.1) is 10.6 Å². The molecule has 2 aromatic rings. The van der Waals surface area contributed by atoms with Gasteiger partial charge in [0.2, 0.25) is 0 Å². The summed E-state index contributed by atoms with van der Waals surface area (Å²) in [4.78, 5) is 14.3. The van der Waals surface area contributed by atoms with Gasteiger partial charge in [-0.05, 0) is 18.2 Å². The van der Waals surface area contributed by atoms with E-state index in [0.717, 1.165) is 17.4 Å². The minimum absolute atomic E-state index is 0.0611. The zero-order valence-electron chi connectivity index (χ0n) is 9.20. The minimum atomic E-state index is -3.97. The van der Waals surface area contributed by atoms with E-state index in [-0.39, 0.29) is 20.6 Å². The van der Waals surface area contributed by atoms with Crippen LogP contribution < -0.4 is 4.72 Å². The predicted molar refractivity (Wildman–Crippen MR) is 71.3 cm³/mol. The number of aromatic carboxylic acids is 1. The Hall–Kier alpha value is -1.64. The van der Waals surface area contributed by atoms with E-state index in [4.69, 9.17) is 16.7 Å². The molecule has 9 heteroatoms. The van der Waals surface area contributed by atoms with E-state index < -0.39 is 16.0 Å². The summed E-state index contributed by atoms with van der Waals surface area (Å²) in [5, 5.41) is 10.6. The summed E-state index contributed by atoms with van der Waals surface area (Å²) in [5.41, 5.74) is -0.163. The molecule has 0 fully saturated rings. The first-order chi connectivity index (χ1) is 8.90. The van der Waals surface area contributed by atoms with Crippen molar-refractivity contribution in [2.24, 2.45) is 0 Å². The maximum Gasteiger partial charge on any atom is 0.335 e. The average molecular weight is 319 g/mol. The topological polar surface area (TPSA) is 96.4 Å². The molecule has 0 radical (unpaired) electrons. The van der Waals surface area contributed by atoms with Gasteiger partial charge in [0.25, 0.3) is 10.0 Å². The summed E-state index contributed by atoms with van der Waals surface area (Å²) in [5.74, 6) is -1.23. The highest BCUT2D eigenvalue weighted by atomic mass is 35.5. The number of sulfonamides is 1. The summed E-state index contributed by atoms with van der Waals surface area (Å²) in [7, 11) is -3.97. The lowest BCUT2D eigenvalue weighted by molar-refractivity contribution is 0.0696. The zero-order valence-corrected chi connectivity index (χ0v) is 11.6. The lowest BCUT2D eigenvalue weighted by Gasteiger charge is -2.07. The molecule has 0 amide bonds. The first-order valence-electron chi connectivity index (χ1n) is 4.85. The molecule has 0 aliphatic carbocycles. The molecule has 2 rings (SSSR count). The number of hydrogen-bond acceptors (Lipinski definition) is 5. The Balaban J connectivity index is 2.45. The van der Waals surface area contributed by atoms with Crippen molar-refractivity contribution in [3.05, 3.63) is 40.4 Å². The highest BCUT2D eigenvalue weighted by Gasteiger charge is 2.21. The number of thiazole rings is 1. The van der Waals surface area contributed by atoms with Crippen LogP contribution in [0.15, 0.2) is 34.7 Å². The predicted octanol–water partition coefficient (Wildman–Crippen LogP) is 2.30. The number of rotatable bonds is 4. The summed E-state index contributed by atoms with van der Waals surface area (Å²) < 4.78 is 26.4. The number of hydrogen-bond donors (Lipinski definition) is 2. The third kappa shape index (κ3) is 3.03. The Morgan fingerprint density at radius 3 is 2.74 bits per heavy atom. The van der Waals surface area contributed by atoms with Crippen LogP contribution in [-0.2, 0) is 10.0 Å². The Bertz CT molecular complexity index is 713. The summed E-state index contributed by atoms with van der Waals surface area (Å²) in [6.45, 7) is 0. The molecular weight excluding hydrogens is 312 g/mol. The molecule has 100 valence electrons. The van der Waals surface area contributed by atoms with Crippen LogP contribution in [0, 0.1) is 0 Å². The second-order valence-corrected chi connectivity index (χ2v) is 6.35. The van der Waals surface area contributed by atoms with Crippen LogP contribution in [0.3, 0.4) is 0 Å². The van der Waals surface area contributed by atoms with E-state index in [1.807, 2.05) is 0 Å². The van der Waals surface area contributed by atoms with Gasteiger partial charge in [-0.1, -0.05) is 11.6 Å². The molecule has 19 heavy (non-hydrogen) atoms. The molecular formula is C10H7ClN2O4S2. The highest BCUT2D eigenvalue weighted by Crippen LogP contribution is 2.25. The first-order valence-corrected chi connectivity index (χ1v) is 7.59. The van der Waals surface area contributed by atoms with Crippen LogP contribution in [0.2, 0.25) is 5.02 Å². The lowest BCUT2D eigenvalue weighted by atomic mass is 10.2.